The van der Waals surface area contributed by atoms with E-state index in [0.29, 0.717) is 27.3 Å². The average molecular weight is 343 g/mol. The van der Waals surface area contributed by atoms with Gasteiger partial charge in [0.2, 0.25) is 0 Å². The highest BCUT2D eigenvalue weighted by molar-refractivity contribution is 7.17. The summed E-state index contributed by atoms with van der Waals surface area (Å²) >= 11 is 1.28. The van der Waals surface area contributed by atoms with E-state index in [2.05, 4.69) is 25.5 Å². The van der Waals surface area contributed by atoms with Gasteiger partial charge >= 0.3 is 0 Å². The molecule has 122 valence electrons. The SMILES string of the molecule is CC(=O)c1ccc(-c2ncc(F)c(Nc3cc(C4CC4)[nH]n3)n2)s1. The molecule has 0 unspecified atom stereocenters. The predicted molar refractivity (Wildman–Crippen MR) is 89.2 cm³/mol. The van der Waals surface area contributed by atoms with E-state index in [1.807, 2.05) is 6.07 Å². The molecule has 0 spiro atoms. The summed E-state index contributed by atoms with van der Waals surface area (Å²) in [4.78, 5) is 21.0. The Hall–Kier alpha value is -2.61. The number of carbonyl (C=O) groups excluding carboxylic acids is 1. The number of carbonyl (C=O) groups is 1. The molecule has 0 amide bonds. The number of Topliss-reactive ketones (excluding diaryl/α,β-unsaturated/α-hetero) is 1. The Morgan fingerprint density at radius 1 is 1.42 bits per heavy atom. The number of aromatic amines is 1. The summed E-state index contributed by atoms with van der Waals surface area (Å²) in [6, 6.07) is 5.35. The van der Waals surface area contributed by atoms with Gasteiger partial charge in [-0.15, -0.1) is 11.3 Å². The van der Waals surface area contributed by atoms with E-state index >= 15 is 0 Å². The zero-order valence-corrected chi connectivity index (χ0v) is 13.7. The lowest BCUT2D eigenvalue weighted by atomic mass is 10.3. The van der Waals surface area contributed by atoms with Crippen LogP contribution in [0.15, 0.2) is 24.4 Å². The van der Waals surface area contributed by atoms with Crippen molar-refractivity contribution in [2.24, 2.45) is 0 Å². The first-order chi connectivity index (χ1) is 11.6. The van der Waals surface area contributed by atoms with E-state index < -0.39 is 5.82 Å². The van der Waals surface area contributed by atoms with Crippen molar-refractivity contribution in [3.8, 4) is 10.7 Å². The molecule has 3 heterocycles. The molecule has 0 aliphatic heterocycles. The maximum atomic E-state index is 14.0. The molecule has 24 heavy (non-hydrogen) atoms. The van der Waals surface area contributed by atoms with E-state index in [-0.39, 0.29) is 11.6 Å². The summed E-state index contributed by atoms with van der Waals surface area (Å²) in [7, 11) is 0. The van der Waals surface area contributed by atoms with Crippen LogP contribution in [0.25, 0.3) is 10.7 Å². The lowest BCUT2D eigenvalue weighted by molar-refractivity contribution is 0.102. The van der Waals surface area contributed by atoms with Crippen LogP contribution in [0, 0.1) is 5.82 Å². The van der Waals surface area contributed by atoms with Crippen molar-refractivity contribution in [1.82, 2.24) is 20.2 Å². The van der Waals surface area contributed by atoms with Crippen LogP contribution < -0.4 is 5.32 Å². The zero-order chi connectivity index (χ0) is 16.7. The van der Waals surface area contributed by atoms with Crippen molar-refractivity contribution in [2.75, 3.05) is 5.32 Å². The van der Waals surface area contributed by atoms with Gasteiger partial charge in [-0.25, -0.2) is 14.4 Å². The van der Waals surface area contributed by atoms with Gasteiger partial charge in [0.25, 0.3) is 0 Å². The number of anilines is 2. The van der Waals surface area contributed by atoms with E-state index in [4.69, 9.17) is 0 Å². The van der Waals surface area contributed by atoms with Crippen molar-refractivity contribution in [2.45, 2.75) is 25.7 Å². The largest absolute Gasteiger partial charge is 0.321 e. The molecule has 4 rings (SSSR count). The highest BCUT2D eigenvalue weighted by Crippen LogP contribution is 2.39. The first-order valence-corrected chi connectivity index (χ1v) is 8.38. The molecular weight excluding hydrogens is 329 g/mol. The molecule has 0 atom stereocenters. The molecule has 1 aliphatic rings. The van der Waals surface area contributed by atoms with Crippen LogP contribution in [-0.4, -0.2) is 25.9 Å². The minimum Gasteiger partial charge on any atom is -0.321 e. The Balaban J connectivity index is 1.61. The van der Waals surface area contributed by atoms with Crippen molar-refractivity contribution in [3.63, 3.8) is 0 Å². The number of nitrogens with zero attached hydrogens (tertiary/aromatic N) is 3. The summed E-state index contributed by atoms with van der Waals surface area (Å²) in [5.41, 5.74) is 1.05. The number of H-pyrrole nitrogens is 1. The topological polar surface area (TPSA) is 83.6 Å². The molecule has 0 radical (unpaired) electrons. The number of thiophene rings is 1. The van der Waals surface area contributed by atoms with Crippen LogP contribution in [0.5, 0.6) is 0 Å². The summed E-state index contributed by atoms with van der Waals surface area (Å²) in [6.07, 6.45) is 3.43. The van der Waals surface area contributed by atoms with Gasteiger partial charge in [-0.3, -0.25) is 9.89 Å². The number of hydrogen-bond donors (Lipinski definition) is 2. The Kier molecular flexibility index (Phi) is 3.61. The summed E-state index contributed by atoms with van der Waals surface area (Å²) in [6.45, 7) is 1.50. The van der Waals surface area contributed by atoms with Gasteiger partial charge in [0, 0.05) is 17.7 Å². The van der Waals surface area contributed by atoms with Crippen molar-refractivity contribution in [1.29, 1.82) is 0 Å². The predicted octanol–water partition coefficient (Wildman–Crippen LogP) is 3.89. The van der Waals surface area contributed by atoms with Crippen LogP contribution >= 0.6 is 11.3 Å². The molecule has 2 N–H and O–H groups in total. The monoisotopic (exact) mass is 343 g/mol. The third kappa shape index (κ3) is 2.92. The minimum absolute atomic E-state index is 0.0177. The quantitative estimate of drug-likeness (QED) is 0.687. The Labute approximate surface area is 141 Å². The zero-order valence-electron chi connectivity index (χ0n) is 12.8. The maximum absolute atomic E-state index is 14.0. The molecule has 0 saturated heterocycles. The van der Waals surface area contributed by atoms with Gasteiger partial charge in [-0.05, 0) is 31.9 Å². The van der Waals surface area contributed by atoms with Crippen LogP contribution in [-0.2, 0) is 0 Å². The average Bonchev–Trinajstić information content (AvgIpc) is 3.10. The first kappa shape index (κ1) is 14.9. The second-order valence-electron chi connectivity index (χ2n) is 5.72. The molecule has 3 aromatic heterocycles. The second-order valence-corrected chi connectivity index (χ2v) is 6.80. The van der Waals surface area contributed by atoms with E-state index in [1.54, 1.807) is 12.1 Å². The summed E-state index contributed by atoms with van der Waals surface area (Å²) < 4.78 is 14.0. The molecular formula is C16H14FN5OS. The van der Waals surface area contributed by atoms with E-state index in [9.17, 15) is 9.18 Å². The van der Waals surface area contributed by atoms with Crippen LogP contribution in [0.4, 0.5) is 16.0 Å². The van der Waals surface area contributed by atoms with Gasteiger partial charge in [-0.2, -0.15) is 5.10 Å². The fourth-order valence-electron chi connectivity index (χ4n) is 2.35. The van der Waals surface area contributed by atoms with E-state index in [1.165, 1.54) is 18.3 Å². The maximum Gasteiger partial charge on any atom is 0.184 e. The van der Waals surface area contributed by atoms with Crippen molar-refractivity contribution < 1.29 is 9.18 Å². The molecule has 6 nitrogen and oxygen atoms in total. The number of rotatable bonds is 5. The fraction of sp³-hybridized carbons (Fsp3) is 0.250. The molecule has 8 heteroatoms. The summed E-state index contributed by atoms with van der Waals surface area (Å²) in [5.74, 6) is 0.918. The molecule has 0 aromatic carbocycles. The molecule has 1 aliphatic carbocycles. The fourth-order valence-corrected chi connectivity index (χ4v) is 3.19. The number of ketones is 1. The Morgan fingerprint density at radius 3 is 2.96 bits per heavy atom. The van der Waals surface area contributed by atoms with Crippen LogP contribution in [0.3, 0.4) is 0 Å². The Bertz CT molecular complexity index is 915. The van der Waals surface area contributed by atoms with Gasteiger partial charge < -0.3 is 5.32 Å². The Morgan fingerprint density at radius 2 is 2.25 bits per heavy atom. The lowest BCUT2D eigenvalue weighted by Gasteiger charge is -2.04. The molecule has 3 aromatic rings. The normalized spacial score (nSPS) is 13.9. The first-order valence-electron chi connectivity index (χ1n) is 7.56. The second kappa shape index (κ2) is 5.79. The smallest absolute Gasteiger partial charge is 0.184 e. The third-order valence-electron chi connectivity index (χ3n) is 3.78. The molecule has 0 bridgehead atoms. The summed E-state index contributed by atoms with van der Waals surface area (Å²) in [5, 5.41) is 9.98. The highest BCUT2D eigenvalue weighted by Gasteiger charge is 2.25. The van der Waals surface area contributed by atoms with Crippen LogP contribution in [0.1, 0.15) is 41.0 Å². The van der Waals surface area contributed by atoms with Crippen molar-refractivity contribution in [3.05, 3.63) is 40.8 Å². The lowest BCUT2D eigenvalue weighted by Crippen LogP contribution is -2.00. The van der Waals surface area contributed by atoms with Crippen molar-refractivity contribution >= 4 is 28.8 Å². The van der Waals surface area contributed by atoms with Gasteiger partial charge in [0.1, 0.15) is 0 Å². The van der Waals surface area contributed by atoms with Gasteiger partial charge in [-0.1, -0.05) is 0 Å². The molecule has 1 saturated carbocycles. The number of aromatic nitrogens is 4. The highest BCUT2D eigenvalue weighted by atomic mass is 32.1. The number of nitrogens with one attached hydrogen (secondary N) is 2. The number of hydrogen-bond acceptors (Lipinski definition) is 6. The third-order valence-corrected chi connectivity index (χ3v) is 4.96. The van der Waals surface area contributed by atoms with Gasteiger partial charge in [0.05, 0.1) is 16.0 Å². The standard InChI is InChI=1S/C16H14FN5OS/c1-8(23)12-4-5-13(24-12)16-18-7-10(17)15(20-16)19-14-6-11(21-22-14)9-2-3-9/h4-7,9H,2-3H2,1H3,(H2,18,19,20,21,22). The number of halogens is 1. The van der Waals surface area contributed by atoms with Gasteiger partial charge in [0.15, 0.2) is 29.1 Å². The van der Waals surface area contributed by atoms with Crippen LogP contribution in [0.2, 0.25) is 0 Å². The minimum atomic E-state index is -0.557. The molecule has 1 fully saturated rings. The van der Waals surface area contributed by atoms with E-state index in [0.717, 1.165) is 24.7 Å².